The lowest BCUT2D eigenvalue weighted by molar-refractivity contribution is -0.137. The zero-order chi connectivity index (χ0) is 25.5. The van der Waals surface area contributed by atoms with Crippen molar-refractivity contribution in [3.8, 4) is 6.07 Å². The van der Waals surface area contributed by atoms with Gasteiger partial charge >= 0.3 is 12.2 Å². The van der Waals surface area contributed by atoms with Gasteiger partial charge < -0.3 is 10.2 Å². The Hall–Kier alpha value is -4.46. The van der Waals surface area contributed by atoms with Crippen LogP contribution in [0.25, 0.3) is 10.9 Å². The van der Waals surface area contributed by atoms with Crippen molar-refractivity contribution in [2.75, 3.05) is 16.8 Å². The van der Waals surface area contributed by atoms with Gasteiger partial charge in [-0.3, -0.25) is 14.6 Å². The van der Waals surface area contributed by atoms with Crippen LogP contribution in [0.1, 0.15) is 25.0 Å². The van der Waals surface area contributed by atoms with Crippen molar-refractivity contribution in [1.82, 2.24) is 9.88 Å². The molecule has 0 radical (unpaired) electrons. The molecule has 4 rings (SSSR count). The number of nitrogens with zero attached hydrogens (tertiary/aromatic N) is 4. The SMILES string of the molecule is CC1(C)C(=O)N(c2ccc(C#N)c(C(F)(F)F)c2)C(=O)N1CC(=O)Nc1cccc2ncccc12. The third-order valence-electron chi connectivity index (χ3n) is 5.73. The third kappa shape index (κ3) is 4.14. The van der Waals surface area contributed by atoms with E-state index in [4.69, 9.17) is 5.26 Å². The predicted molar refractivity (Wildman–Crippen MR) is 120 cm³/mol. The summed E-state index contributed by atoms with van der Waals surface area (Å²) >= 11 is 0. The fraction of sp³-hybridized carbons (Fsp3) is 0.208. The first-order chi connectivity index (χ1) is 16.4. The number of rotatable bonds is 4. The molecule has 2 heterocycles. The molecule has 11 heteroatoms. The van der Waals surface area contributed by atoms with Crippen LogP contribution in [-0.2, 0) is 15.8 Å². The molecule has 4 amide bonds. The number of nitrogens with one attached hydrogen (secondary N) is 1. The van der Waals surface area contributed by atoms with E-state index in [1.54, 1.807) is 36.5 Å². The molecule has 0 atom stereocenters. The smallest absolute Gasteiger partial charge is 0.324 e. The number of carbonyl (C=O) groups excluding carboxylic acids is 3. The van der Waals surface area contributed by atoms with Crippen LogP contribution in [0, 0.1) is 11.3 Å². The number of urea groups is 1. The second-order valence-electron chi connectivity index (χ2n) is 8.33. The first-order valence-electron chi connectivity index (χ1n) is 10.4. The van der Waals surface area contributed by atoms with Crippen LogP contribution in [0.3, 0.4) is 0 Å². The molecule has 3 aromatic rings. The molecule has 0 saturated carbocycles. The molecule has 35 heavy (non-hydrogen) atoms. The van der Waals surface area contributed by atoms with Gasteiger partial charge in [-0.1, -0.05) is 6.07 Å². The molecule has 1 N–H and O–H groups in total. The van der Waals surface area contributed by atoms with Crippen molar-refractivity contribution in [2.45, 2.75) is 25.6 Å². The maximum Gasteiger partial charge on any atom is 0.417 e. The van der Waals surface area contributed by atoms with Gasteiger partial charge in [0.25, 0.3) is 5.91 Å². The lowest BCUT2D eigenvalue weighted by Crippen LogP contribution is -2.47. The molecule has 0 unspecified atom stereocenters. The number of hydrogen-bond acceptors (Lipinski definition) is 5. The molecular weight excluding hydrogens is 463 g/mol. The highest BCUT2D eigenvalue weighted by atomic mass is 19.4. The average Bonchev–Trinajstić information content (AvgIpc) is 2.97. The van der Waals surface area contributed by atoms with E-state index in [-0.39, 0.29) is 5.69 Å². The number of imide groups is 1. The first kappa shape index (κ1) is 23.7. The largest absolute Gasteiger partial charge is 0.417 e. The fourth-order valence-corrected chi connectivity index (χ4v) is 3.88. The van der Waals surface area contributed by atoms with Crippen LogP contribution >= 0.6 is 0 Å². The van der Waals surface area contributed by atoms with E-state index in [2.05, 4.69) is 10.3 Å². The Balaban J connectivity index is 1.62. The minimum Gasteiger partial charge on any atom is -0.324 e. The highest BCUT2D eigenvalue weighted by Crippen LogP contribution is 2.37. The Morgan fingerprint density at radius 3 is 2.57 bits per heavy atom. The minimum atomic E-state index is -4.87. The lowest BCUT2D eigenvalue weighted by Gasteiger charge is -2.27. The molecule has 1 fully saturated rings. The number of anilines is 2. The van der Waals surface area contributed by atoms with Crippen molar-refractivity contribution in [1.29, 1.82) is 5.26 Å². The summed E-state index contributed by atoms with van der Waals surface area (Å²) in [4.78, 5) is 44.8. The van der Waals surface area contributed by atoms with Crippen LogP contribution in [0.4, 0.5) is 29.3 Å². The van der Waals surface area contributed by atoms with Gasteiger partial charge in [0.2, 0.25) is 5.91 Å². The number of hydrogen-bond donors (Lipinski definition) is 1. The number of halogens is 3. The Kier molecular flexibility index (Phi) is 5.68. The number of fused-ring (bicyclic) bond motifs is 1. The highest BCUT2D eigenvalue weighted by molar-refractivity contribution is 6.23. The second kappa shape index (κ2) is 8.39. The average molecular weight is 481 g/mol. The normalized spacial score (nSPS) is 15.4. The van der Waals surface area contributed by atoms with Gasteiger partial charge in [0.05, 0.1) is 34.1 Å². The molecule has 1 aromatic heterocycles. The number of benzene rings is 2. The monoisotopic (exact) mass is 481 g/mol. The Morgan fingerprint density at radius 1 is 1.14 bits per heavy atom. The summed E-state index contributed by atoms with van der Waals surface area (Å²) in [7, 11) is 0. The molecule has 0 bridgehead atoms. The van der Waals surface area contributed by atoms with Crippen molar-refractivity contribution in [2.24, 2.45) is 0 Å². The van der Waals surface area contributed by atoms with E-state index in [1.807, 2.05) is 0 Å². The second-order valence-corrected chi connectivity index (χ2v) is 8.33. The number of nitriles is 1. The van der Waals surface area contributed by atoms with Gasteiger partial charge in [-0.15, -0.1) is 0 Å². The van der Waals surface area contributed by atoms with Crippen LogP contribution in [0.5, 0.6) is 0 Å². The molecule has 1 aliphatic heterocycles. The summed E-state index contributed by atoms with van der Waals surface area (Å²) < 4.78 is 40.2. The Labute approximate surface area is 197 Å². The zero-order valence-electron chi connectivity index (χ0n) is 18.6. The van der Waals surface area contributed by atoms with E-state index < -0.39 is 47.2 Å². The lowest BCUT2D eigenvalue weighted by atomic mass is 10.0. The van der Waals surface area contributed by atoms with Crippen LogP contribution in [-0.4, -0.2) is 39.8 Å². The van der Waals surface area contributed by atoms with E-state index in [9.17, 15) is 27.6 Å². The third-order valence-corrected chi connectivity index (χ3v) is 5.73. The minimum absolute atomic E-state index is 0.345. The molecule has 1 aliphatic rings. The molecule has 178 valence electrons. The number of alkyl halides is 3. The molecule has 0 spiro atoms. The van der Waals surface area contributed by atoms with Crippen molar-refractivity contribution in [3.05, 3.63) is 65.9 Å². The molecule has 2 aromatic carbocycles. The summed E-state index contributed by atoms with van der Waals surface area (Å²) in [5.41, 5.74) is -2.67. The maximum absolute atomic E-state index is 13.4. The number of pyridine rings is 1. The fourth-order valence-electron chi connectivity index (χ4n) is 3.88. The summed E-state index contributed by atoms with van der Waals surface area (Å²) in [6, 6.07) is 11.7. The summed E-state index contributed by atoms with van der Waals surface area (Å²) in [5.74, 6) is -1.41. The maximum atomic E-state index is 13.4. The summed E-state index contributed by atoms with van der Waals surface area (Å²) in [5, 5.41) is 12.4. The van der Waals surface area contributed by atoms with Gasteiger partial charge in [0.1, 0.15) is 12.1 Å². The quantitative estimate of drug-likeness (QED) is 0.559. The van der Waals surface area contributed by atoms with Crippen LogP contribution in [0.2, 0.25) is 0 Å². The molecule has 1 saturated heterocycles. The summed E-state index contributed by atoms with van der Waals surface area (Å²) in [6.45, 7) is 2.28. The molecule has 0 aliphatic carbocycles. The first-order valence-corrected chi connectivity index (χ1v) is 10.4. The highest BCUT2D eigenvalue weighted by Gasteiger charge is 2.52. The number of aromatic nitrogens is 1. The number of carbonyl (C=O) groups is 3. The van der Waals surface area contributed by atoms with Crippen LogP contribution < -0.4 is 10.2 Å². The van der Waals surface area contributed by atoms with Gasteiger partial charge in [-0.25, -0.2) is 9.69 Å². The topological polar surface area (TPSA) is 106 Å². The van der Waals surface area contributed by atoms with Crippen LogP contribution in [0.15, 0.2) is 54.7 Å². The standard InChI is InChI=1S/C24H18F3N5O3/c1-23(2)21(34)32(15-9-8-14(12-28)17(11-15)24(25,26)27)22(35)31(23)13-20(33)30-19-7-3-6-18-16(19)5-4-10-29-18/h3-11H,13H2,1-2H3,(H,30,33). The van der Waals surface area contributed by atoms with Crippen molar-refractivity contribution in [3.63, 3.8) is 0 Å². The van der Waals surface area contributed by atoms with Gasteiger partial charge in [0.15, 0.2) is 0 Å². The van der Waals surface area contributed by atoms with E-state index in [0.29, 0.717) is 27.6 Å². The van der Waals surface area contributed by atoms with E-state index in [0.717, 1.165) is 17.0 Å². The van der Waals surface area contributed by atoms with Gasteiger partial charge in [0, 0.05) is 11.6 Å². The van der Waals surface area contributed by atoms with E-state index in [1.165, 1.54) is 19.9 Å². The Morgan fingerprint density at radius 2 is 1.89 bits per heavy atom. The molecular formula is C24H18F3N5O3. The zero-order valence-corrected chi connectivity index (χ0v) is 18.6. The van der Waals surface area contributed by atoms with E-state index >= 15 is 0 Å². The van der Waals surface area contributed by atoms with Crippen molar-refractivity contribution < 1.29 is 27.6 Å². The van der Waals surface area contributed by atoms with Crippen molar-refractivity contribution >= 4 is 40.1 Å². The van der Waals surface area contributed by atoms with Gasteiger partial charge in [-0.05, 0) is 56.3 Å². The summed E-state index contributed by atoms with van der Waals surface area (Å²) in [6.07, 6.45) is -3.26. The number of amides is 4. The predicted octanol–water partition coefficient (Wildman–Crippen LogP) is 4.31. The molecule has 8 nitrogen and oxygen atoms in total. The Bertz CT molecular complexity index is 1410. The van der Waals surface area contributed by atoms with Gasteiger partial charge in [-0.2, -0.15) is 18.4 Å².